The molecule has 0 aromatic carbocycles. The van der Waals surface area contributed by atoms with E-state index in [1.807, 2.05) is 13.8 Å². The molecule has 1 heterocycles. The van der Waals surface area contributed by atoms with Gasteiger partial charge in [0.15, 0.2) is 6.29 Å². The molecule has 1 saturated heterocycles. The summed E-state index contributed by atoms with van der Waals surface area (Å²) in [5, 5.41) is 9.63. The summed E-state index contributed by atoms with van der Waals surface area (Å²) >= 11 is 0. The molecule has 0 radical (unpaired) electrons. The van der Waals surface area contributed by atoms with Gasteiger partial charge in [0.25, 0.3) is 0 Å². The molecule has 1 rings (SSSR count). The van der Waals surface area contributed by atoms with E-state index in [9.17, 15) is 5.11 Å². The Morgan fingerprint density at radius 2 is 2.21 bits per heavy atom. The van der Waals surface area contributed by atoms with Gasteiger partial charge in [0, 0.05) is 19.6 Å². The molecule has 14 heavy (non-hydrogen) atoms. The van der Waals surface area contributed by atoms with Gasteiger partial charge in [0.05, 0.1) is 5.60 Å². The van der Waals surface area contributed by atoms with Gasteiger partial charge in [-0.15, -0.1) is 0 Å². The maximum atomic E-state index is 9.63. The lowest BCUT2D eigenvalue weighted by Crippen LogP contribution is -2.32. The molecule has 0 aromatic rings. The van der Waals surface area contributed by atoms with Crippen LogP contribution in [-0.2, 0) is 9.47 Å². The summed E-state index contributed by atoms with van der Waals surface area (Å²) in [7, 11) is 1.69. The monoisotopic (exact) mass is 202 g/mol. The first-order valence-electron chi connectivity index (χ1n) is 5.40. The third-order valence-electron chi connectivity index (χ3n) is 2.75. The van der Waals surface area contributed by atoms with Gasteiger partial charge in [-0.2, -0.15) is 0 Å². The normalized spacial score (nSPS) is 29.1. The van der Waals surface area contributed by atoms with Crippen LogP contribution < -0.4 is 0 Å². The van der Waals surface area contributed by atoms with Crippen LogP contribution in [-0.4, -0.2) is 30.7 Å². The van der Waals surface area contributed by atoms with Gasteiger partial charge < -0.3 is 14.6 Å². The largest absolute Gasteiger partial charge is 0.390 e. The van der Waals surface area contributed by atoms with E-state index < -0.39 is 5.60 Å². The molecule has 1 aliphatic rings. The van der Waals surface area contributed by atoms with Crippen molar-refractivity contribution in [2.45, 2.75) is 51.4 Å². The maximum Gasteiger partial charge on any atom is 0.159 e. The highest BCUT2D eigenvalue weighted by atomic mass is 16.7. The first-order chi connectivity index (χ1) is 6.53. The standard InChI is InChI=1S/C11H22O3/c1-11(2,12)7-6-9-5-4-8-14-10(9)13-3/h9-10,12H,4-8H2,1-3H3/t9-,10-/m0/s1. The van der Waals surface area contributed by atoms with Gasteiger partial charge in [-0.05, 0) is 39.5 Å². The fourth-order valence-electron chi connectivity index (χ4n) is 1.90. The van der Waals surface area contributed by atoms with E-state index in [4.69, 9.17) is 9.47 Å². The zero-order chi connectivity index (χ0) is 10.6. The predicted octanol–water partition coefficient (Wildman–Crippen LogP) is 1.94. The van der Waals surface area contributed by atoms with E-state index in [-0.39, 0.29) is 6.29 Å². The van der Waals surface area contributed by atoms with E-state index in [1.165, 1.54) is 0 Å². The summed E-state index contributed by atoms with van der Waals surface area (Å²) < 4.78 is 10.8. The molecule has 0 unspecified atom stereocenters. The molecule has 84 valence electrons. The topological polar surface area (TPSA) is 38.7 Å². The molecule has 0 amide bonds. The van der Waals surface area contributed by atoms with Gasteiger partial charge in [-0.3, -0.25) is 0 Å². The van der Waals surface area contributed by atoms with Crippen molar-refractivity contribution in [1.82, 2.24) is 0 Å². The van der Waals surface area contributed by atoms with Gasteiger partial charge in [-0.1, -0.05) is 0 Å². The molecule has 0 bridgehead atoms. The Labute approximate surface area is 86.4 Å². The van der Waals surface area contributed by atoms with Crippen molar-refractivity contribution in [3.8, 4) is 0 Å². The average Bonchev–Trinajstić information content (AvgIpc) is 2.14. The van der Waals surface area contributed by atoms with Crippen molar-refractivity contribution in [2.75, 3.05) is 13.7 Å². The second-order valence-electron chi connectivity index (χ2n) is 4.73. The fraction of sp³-hybridized carbons (Fsp3) is 1.00. The number of hydrogen-bond acceptors (Lipinski definition) is 3. The smallest absolute Gasteiger partial charge is 0.159 e. The average molecular weight is 202 g/mol. The first kappa shape index (κ1) is 12.0. The molecule has 3 heteroatoms. The van der Waals surface area contributed by atoms with Crippen LogP contribution in [0.2, 0.25) is 0 Å². The van der Waals surface area contributed by atoms with Crippen molar-refractivity contribution in [3.05, 3.63) is 0 Å². The third kappa shape index (κ3) is 3.95. The van der Waals surface area contributed by atoms with Crippen molar-refractivity contribution < 1.29 is 14.6 Å². The number of rotatable bonds is 4. The molecule has 1 fully saturated rings. The molecule has 0 spiro atoms. The van der Waals surface area contributed by atoms with Gasteiger partial charge >= 0.3 is 0 Å². The first-order valence-corrected chi connectivity index (χ1v) is 5.40. The molecular weight excluding hydrogens is 180 g/mol. The van der Waals surface area contributed by atoms with Crippen molar-refractivity contribution >= 4 is 0 Å². The molecule has 0 aliphatic carbocycles. The van der Waals surface area contributed by atoms with Crippen molar-refractivity contribution in [2.24, 2.45) is 5.92 Å². The zero-order valence-corrected chi connectivity index (χ0v) is 9.45. The zero-order valence-electron chi connectivity index (χ0n) is 9.45. The van der Waals surface area contributed by atoms with Crippen LogP contribution in [0, 0.1) is 5.92 Å². The molecule has 1 aliphatic heterocycles. The Hall–Kier alpha value is -0.120. The van der Waals surface area contributed by atoms with Crippen LogP contribution in [0.3, 0.4) is 0 Å². The lowest BCUT2D eigenvalue weighted by atomic mass is 9.90. The van der Waals surface area contributed by atoms with Crippen molar-refractivity contribution in [3.63, 3.8) is 0 Å². The van der Waals surface area contributed by atoms with Crippen LogP contribution in [0.1, 0.15) is 39.5 Å². The molecule has 3 nitrogen and oxygen atoms in total. The number of ether oxygens (including phenoxy) is 2. The van der Waals surface area contributed by atoms with Crippen LogP contribution in [0.5, 0.6) is 0 Å². The molecule has 0 saturated carbocycles. The molecule has 2 atom stereocenters. The predicted molar refractivity (Wildman–Crippen MR) is 55.0 cm³/mol. The number of aliphatic hydroxyl groups is 1. The number of methoxy groups -OCH3 is 1. The quantitative estimate of drug-likeness (QED) is 0.757. The minimum absolute atomic E-state index is 0.0638. The Bertz CT molecular complexity index is 162. The lowest BCUT2D eigenvalue weighted by molar-refractivity contribution is -0.180. The minimum atomic E-state index is -0.574. The fourth-order valence-corrected chi connectivity index (χ4v) is 1.90. The molecular formula is C11H22O3. The van der Waals surface area contributed by atoms with E-state index in [2.05, 4.69) is 0 Å². The summed E-state index contributed by atoms with van der Waals surface area (Å²) in [6.07, 6.45) is 3.97. The van der Waals surface area contributed by atoms with E-state index in [0.717, 1.165) is 32.3 Å². The summed E-state index contributed by atoms with van der Waals surface area (Å²) in [5.74, 6) is 0.445. The third-order valence-corrected chi connectivity index (χ3v) is 2.75. The minimum Gasteiger partial charge on any atom is -0.390 e. The summed E-state index contributed by atoms with van der Waals surface area (Å²) in [6, 6.07) is 0. The van der Waals surface area contributed by atoms with Crippen molar-refractivity contribution in [1.29, 1.82) is 0 Å². The lowest BCUT2D eigenvalue weighted by Gasteiger charge is -2.32. The SMILES string of the molecule is CO[C@H]1OCCC[C@H]1CCC(C)(C)O. The molecule has 0 aromatic heterocycles. The van der Waals surface area contributed by atoms with E-state index in [0.29, 0.717) is 5.92 Å². The van der Waals surface area contributed by atoms with E-state index >= 15 is 0 Å². The highest BCUT2D eigenvalue weighted by Crippen LogP contribution is 2.27. The maximum absolute atomic E-state index is 9.63. The summed E-state index contributed by atoms with van der Waals surface area (Å²) in [6.45, 7) is 4.49. The second kappa shape index (κ2) is 5.10. The second-order valence-corrected chi connectivity index (χ2v) is 4.73. The highest BCUT2D eigenvalue weighted by molar-refractivity contribution is 4.73. The van der Waals surface area contributed by atoms with Gasteiger partial charge in [-0.25, -0.2) is 0 Å². The van der Waals surface area contributed by atoms with Crippen LogP contribution >= 0.6 is 0 Å². The Morgan fingerprint density at radius 1 is 1.50 bits per heavy atom. The van der Waals surface area contributed by atoms with Gasteiger partial charge in [0.1, 0.15) is 0 Å². The summed E-state index contributed by atoms with van der Waals surface area (Å²) in [5.41, 5.74) is -0.574. The molecule has 1 N–H and O–H groups in total. The Balaban J connectivity index is 2.33. The Morgan fingerprint density at radius 3 is 2.79 bits per heavy atom. The van der Waals surface area contributed by atoms with Crippen LogP contribution in [0.25, 0.3) is 0 Å². The highest BCUT2D eigenvalue weighted by Gasteiger charge is 2.27. The van der Waals surface area contributed by atoms with Crippen LogP contribution in [0.15, 0.2) is 0 Å². The number of hydrogen-bond donors (Lipinski definition) is 1. The van der Waals surface area contributed by atoms with Gasteiger partial charge in [0.2, 0.25) is 0 Å². The van der Waals surface area contributed by atoms with E-state index in [1.54, 1.807) is 7.11 Å². The van der Waals surface area contributed by atoms with Crippen LogP contribution in [0.4, 0.5) is 0 Å². The Kier molecular flexibility index (Phi) is 4.35. The summed E-state index contributed by atoms with van der Waals surface area (Å²) in [4.78, 5) is 0.